The first-order valence-corrected chi connectivity index (χ1v) is 19.1. The third kappa shape index (κ3) is 10.0. The second kappa shape index (κ2) is 17.2. The molecule has 3 fully saturated rings. The van der Waals surface area contributed by atoms with Crippen LogP contribution in [0.3, 0.4) is 0 Å². The van der Waals surface area contributed by atoms with E-state index in [1.807, 2.05) is 32.2 Å². The summed E-state index contributed by atoms with van der Waals surface area (Å²) in [7, 11) is 4.30. The number of carbonyl (C=O) groups excluding carboxylic acids is 3. The summed E-state index contributed by atoms with van der Waals surface area (Å²) in [4.78, 5) is 49.1. The molecule has 0 bridgehead atoms. The van der Waals surface area contributed by atoms with E-state index in [4.69, 9.17) is 9.72 Å². The Morgan fingerprint density at radius 2 is 1.65 bits per heavy atom. The molecule has 294 valence electrons. The zero-order valence-corrected chi connectivity index (χ0v) is 31.9. The molecule has 0 radical (unpaired) electrons. The number of ether oxygens (including phenoxy) is 1. The van der Waals surface area contributed by atoms with Crippen molar-refractivity contribution in [2.24, 2.45) is 0 Å². The Hall–Kier alpha value is -4.98. The first-order valence-electron chi connectivity index (χ1n) is 19.1. The Labute approximate surface area is 319 Å². The number of carbonyl (C=O) groups is 3. The van der Waals surface area contributed by atoms with Crippen LogP contribution in [0.15, 0.2) is 60.9 Å². The Bertz CT molecular complexity index is 1960. The summed E-state index contributed by atoms with van der Waals surface area (Å²) in [5.74, 6) is -0.604. The molecule has 14 heteroatoms. The van der Waals surface area contributed by atoms with Gasteiger partial charge in [-0.3, -0.25) is 19.7 Å². The fraction of sp³-hybridized carbons (Fsp3) is 0.488. The average Bonchev–Trinajstić information content (AvgIpc) is 3.58. The van der Waals surface area contributed by atoms with Crippen molar-refractivity contribution >= 4 is 34.9 Å². The molecule has 1 unspecified atom stereocenters. The van der Waals surface area contributed by atoms with Crippen LogP contribution in [0.5, 0.6) is 5.75 Å². The largest absolute Gasteiger partial charge is 0.490 e. The number of amides is 3. The van der Waals surface area contributed by atoms with Crippen LogP contribution in [0.25, 0.3) is 5.65 Å². The number of hydrogen-bond acceptors (Lipinski definition) is 8. The lowest BCUT2D eigenvalue weighted by Gasteiger charge is -2.36. The second-order valence-electron chi connectivity index (χ2n) is 15.1. The maximum absolute atomic E-state index is 13.0. The van der Waals surface area contributed by atoms with E-state index in [2.05, 4.69) is 51.6 Å². The molecule has 11 nitrogen and oxygen atoms in total. The topological polar surface area (TPSA) is 121 Å². The highest BCUT2D eigenvalue weighted by Gasteiger charge is 2.33. The van der Waals surface area contributed by atoms with E-state index in [-0.39, 0.29) is 35.2 Å². The van der Waals surface area contributed by atoms with Crippen LogP contribution in [-0.2, 0) is 15.8 Å². The molecular weight excluding hydrogens is 711 g/mol. The fourth-order valence-electron chi connectivity index (χ4n) is 7.57. The van der Waals surface area contributed by atoms with Gasteiger partial charge in [-0.25, -0.2) is 9.97 Å². The van der Waals surface area contributed by atoms with E-state index in [9.17, 15) is 27.6 Å². The SMILES string of the molecule is CC(C)Oc1cc2nc(C3CCCCC3)cn2cc1C(=O)Nc1cccc(C(F)(F)F)n1.CN(C)C1CCN(c2ccc(C3CCC(=O)NC3=O)cc2)CC1. The molecule has 3 aliphatic rings. The second-order valence-corrected chi connectivity index (χ2v) is 15.1. The number of aromatic nitrogens is 3. The van der Waals surface area contributed by atoms with E-state index in [0.29, 0.717) is 36.2 Å². The molecule has 1 aromatic carbocycles. The number of benzene rings is 1. The summed E-state index contributed by atoms with van der Waals surface area (Å²) in [5.41, 5.74) is 2.99. The number of imide groups is 1. The lowest BCUT2D eigenvalue weighted by Crippen LogP contribution is -2.42. The quantitative estimate of drug-likeness (QED) is 0.177. The molecule has 1 saturated carbocycles. The Morgan fingerprint density at radius 1 is 0.945 bits per heavy atom. The summed E-state index contributed by atoms with van der Waals surface area (Å²) in [5, 5.41) is 4.88. The predicted octanol–water partition coefficient (Wildman–Crippen LogP) is 7.57. The van der Waals surface area contributed by atoms with Gasteiger partial charge in [-0.2, -0.15) is 13.2 Å². The van der Waals surface area contributed by atoms with Gasteiger partial charge in [0.2, 0.25) is 11.8 Å². The number of piperidine rings is 2. The third-order valence-electron chi connectivity index (χ3n) is 10.6. The molecule has 2 saturated heterocycles. The molecule has 0 spiro atoms. The van der Waals surface area contributed by atoms with Gasteiger partial charge in [0.15, 0.2) is 0 Å². The first-order chi connectivity index (χ1) is 26.2. The van der Waals surface area contributed by atoms with Crippen LogP contribution in [0, 0.1) is 0 Å². The van der Waals surface area contributed by atoms with Gasteiger partial charge in [0.05, 0.1) is 23.3 Å². The molecule has 1 aliphatic carbocycles. The van der Waals surface area contributed by atoms with Gasteiger partial charge in [0.1, 0.15) is 22.9 Å². The highest BCUT2D eigenvalue weighted by atomic mass is 19.4. The maximum atomic E-state index is 13.0. The summed E-state index contributed by atoms with van der Waals surface area (Å²) in [6, 6.07) is 14.0. The van der Waals surface area contributed by atoms with Crippen LogP contribution in [0.1, 0.15) is 111 Å². The van der Waals surface area contributed by atoms with Crippen LogP contribution >= 0.6 is 0 Å². The monoisotopic (exact) mass is 761 g/mol. The number of alkyl halides is 3. The lowest BCUT2D eigenvalue weighted by atomic mass is 9.87. The van der Waals surface area contributed by atoms with Crippen molar-refractivity contribution in [3.05, 3.63) is 83.4 Å². The summed E-state index contributed by atoms with van der Waals surface area (Å²) in [6.07, 6.45) is 7.90. The van der Waals surface area contributed by atoms with Crippen LogP contribution in [0.4, 0.5) is 24.7 Å². The lowest BCUT2D eigenvalue weighted by molar-refractivity contribution is -0.141. The van der Waals surface area contributed by atoms with Gasteiger partial charge in [0.25, 0.3) is 5.91 Å². The molecular formula is C41H50F3N7O4. The maximum Gasteiger partial charge on any atom is 0.433 e. The molecule has 2 aliphatic heterocycles. The van der Waals surface area contributed by atoms with Crippen molar-refractivity contribution in [1.29, 1.82) is 0 Å². The minimum absolute atomic E-state index is 0.161. The van der Waals surface area contributed by atoms with Gasteiger partial charge < -0.3 is 24.3 Å². The predicted molar refractivity (Wildman–Crippen MR) is 204 cm³/mol. The van der Waals surface area contributed by atoms with E-state index >= 15 is 0 Å². The number of anilines is 2. The molecule has 4 aromatic rings. The van der Waals surface area contributed by atoms with Crippen LogP contribution < -0.4 is 20.3 Å². The molecule has 55 heavy (non-hydrogen) atoms. The fourth-order valence-corrected chi connectivity index (χ4v) is 7.57. The van der Waals surface area contributed by atoms with Crippen molar-refractivity contribution in [2.75, 3.05) is 37.4 Å². The molecule has 2 N–H and O–H groups in total. The van der Waals surface area contributed by atoms with Crippen molar-refractivity contribution in [2.45, 2.75) is 102 Å². The van der Waals surface area contributed by atoms with Gasteiger partial charge in [-0.15, -0.1) is 0 Å². The Morgan fingerprint density at radius 3 is 2.29 bits per heavy atom. The van der Waals surface area contributed by atoms with E-state index in [1.165, 1.54) is 49.9 Å². The molecule has 3 amide bonds. The number of hydrogen-bond donors (Lipinski definition) is 2. The molecule has 1 atom stereocenters. The van der Waals surface area contributed by atoms with Crippen molar-refractivity contribution in [3.63, 3.8) is 0 Å². The minimum atomic E-state index is -4.60. The van der Waals surface area contributed by atoms with E-state index in [1.54, 1.807) is 16.7 Å². The Balaban J connectivity index is 0.000000197. The van der Waals surface area contributed by atoms with Crippen molar-refractivity contribution < 1.29 is 32.3 Å². The smallest absolute Gasteiger partial charge is 0.433 e. The number of rotatable bonds is 8. The third-order valence-corrected chi connectivity index (χ3v) is 10.6. The number of imidazole rings is 1. The average molecular weight is 762 g/mol. The van der Waals surface area contributed by atoms with Gasteiger partial charge in [0, 0.05) is 55.6 Å². The van der Waals surface area contributed by atoms with Crippen LogP contribution in [0.2, 0.25) is 0 Å². The molecule has 7 rings (SSSR count). The van der Waals surface area contributed by atoms with E-state index in [0.717, 1.165) is 43.3 Å². The zero-order chi connectivity index (χ0) is 39.3. The highest BCUT2D eigenvalue weighted by molar-refractivity contribution is 6.06. The molecule has 3 aromatic heterocycles. The number of pyridine rings is 2. The number of nitrogens with zero attached hydrogens (tertiary/aromatic N) is 5. The minimum Gasteiger partial charge on any atom is -0.490 e. The standard InChI is InChI=1S/C23H25F3N4O2.C18H25N3O2/c1-14(2)32-18-11-21-27-17(15-7-4-3-5-8-15)13-30(21)12-16(18)22(31)29-20-10-6-9-19(28-20)23(24,25)26;1-20(2)14-9-11-21(12-10-14)15-5-3-13(4-6-15)16-7-8-17(22)19-18(16)23/h6,9-15H,3-5,7-8H2,1-2H3,(H,28,29,31);3-6,14,16H,7-12H2,1-2H3,(H,19,22,23). The van der Waals surface area contributed by atoms with Crippen molar-refractivity contribution in [3.8, 4) is 5.75 Å². The van der Waals surface area contributed by atoms with E-state index < -0.39 is 17.8 Å². The highest BCUT2D eigenvalue weighted by Crippen LogP contribution is 2.34. The Kier molecular flexibility index (Phi) is 12.4. The van der Waals surface area contributed by atoms with Gasteiger partial charge >= 0.3 is 6.18 Å². The van der Waals surface area contributed by atoms with Crippen LogP contribution in [-0.4, -0.2) is 76.3 Å². The van der Waals surface area contributed by atoms with Crippen molar-refractivity contribution in [1.82, 2.24) is 24.6 Å². The summed E-state index contributed by atoms with van der Waals surface area (Å²) in [6.45, 7) is 5.81. The number of halogens is 3. The summed E-state index contributed by atoms with van der Waals surface area (Å²) >= 11 is 0. The van der Waals surface area contributed by atoms with Gasteiger partial charge in [-0.05, 0) is 89.9 Å². The summed E-state index contributed by atoms with van der Waals surface area (Å²) < 4.78 is 46.5. The first kappa shape index (κ1) is 39.7. The molecule has 5 heterocycles. The number of fused-ring (bicyclic) bond motifs is 1. The normalized spacial score (nSPS) is 18.6. The van der Waals surface area contributed by atoms with Gasteiger partial charge in [-0.1, -0.05) is 37.5 Å². The zero-order valence-electron chi connectivity index (χ0n) is 31.9. The number of nitrogens with one attached hydrogen (secondary N) is 2.